The van der Waals surface area contributed by atoms with Gasteiger partial charge < -0.3 is 14.2 Å². The van der Waals surface area contributed by atoms with E-state index in [0.717, 1.165) is 50.1 Å². The summed E-state index contributed by atoms with van der Waals surface area (Å²) >= 11 is 1.73. The lowest BCUT2D eigenvalue weighted by molar-refractivity contribution is 0.0417. The minimum absolute atomic E-state index is 0.140. The minimum atomic E-state index is 0.140. The van der Waals surface area contributed by atoms with Crippen molar-refractivity contribution < 1.29 is 14.2 Å². The van der Waals surface area contributed by atoms with Crippen molar-refractivity contribution in [3.8, 4) is 11.5 Å². The van der Waals surface area contributed by atoms with Gasteiger partial charge in [0.25, 0.3) is 0 Å². The van der Waals surface area contributed by atoms with E-state index in [-0.39, 0.29) is 5.92 Å². The molecule has 3 aromatic rings. The Labute approximate surface area is 181 Å². The summed E-state index contributed by atoms with van der Waals surface area (Å²) in [6.45, 7) is 4.32. The predicted octanol–water partition coefficient (Wildman–Crippen LogP) is 5.02. The van der Waals surface area contributed by atoms with Crippen LogP contribution < -0.4 is 9.47 Å². The molecule has 0 bridgehead atoms. The molecule has 2 aromatic carbocycles. The van der Waals surface area contributed by atoms with Crippen molar-refractivity contribution in [2.75, 3.05) is 40.0 Å². The Balaban J connectivity index is 1.65. The van der Waals surface area contributed by atoms with Gasteiger partial charge in [-0.2, -0.15) is 0 Å². The average Bonchev–Trinajstić information content (AvgIpc) is 3.34. The van der Waals surface area contributed by atoms with Crippen molar-refractivity contribution in [1.82, 2.24) is 4.90 Å². The van der Waals surface area contributed by atoms with E-state index in [4.69, 9.17) is 14.2 Å². The fourth-order valence-corrected chi connectivity index (χ4v) is 5.00. The normalized spacial score (nSPS) is 19.3. The summed E-state index contributed by atoms with van der Waals surface area (Å²) in [6, 6.07) is 21.1. The smallest absolute Gasteiger partial charge is 0.146 e. The largest absolute Gasteiger partial charge is 0.497 e. The van der Waals surface area contributed by atoms with E-state index in [9.17, 15) is 0 Å². The Hall–Kier alpha value is -2.60. The second-order valence-corrected chi connectivity index (χ2v) is 8.51. The molecule has 5 heteroatoms. The molecule has 3 heterocycles. The quantitative estimate of drug-likeness (QED) is 0.581. The molecule has 154 valence electrons. The zero-order chi connectivity index (χ0) is 20.3. The highest BCUT2D eigenvalue weighted by Gasteiger charge is 2.33. The Morgan fingerprint density at radius 3 is 2.53 bits per heavy atom. The van der Waals surface area contributed by atoms with Crippen LogP contribution in [0.3, 0.4) is 0 Å². The van der Waals surface area contributed by atoms with Crippen molar-refractivity contribution in [3.63, 3.8) is 0 Å². The highest BCUT2D eigenvalue weighted by atomic mass is 32.1. The highest BCUT2D eigenvalue weighted by Crippen LogP contribution is 2.46. The molecule has 0 N–H and O–H groups in total. The number of para-hydroxylation sites is 1. The first-order valence-corrected chi connectivity index (χ1v) is 11.2. The van der Waals surface area contributed by atoms with Crippen molar-refractivity contribution in [1.29, 1.82) is 0 Å². The van der Waals surface area contributed by atoms with Crippen molar-refractivity contribution in [2.45, 2.75) is 5.92 Å². The van der Waals surface area contributed by atoms with E-state index < -0.39 is 0 Å². The molecule has 2 aliphatic rings. The number of benzene rings is 2. The standard InChI is InChI=1S/C25H25NO3S/c1-27-19-10-8-18(9-11-19)24-20-5-2-3-6-22(20)29-25(23-7-4-16-30-23)21(24)17-26-12-14-28-15-13-26/h2-11,16,24H,12-15,17H2,1H3/t24-/m1/s1. The first-order chi connectivity index (χ1) is 14.8. The van der Waals surface area contributed by atoms with Gasteiger partial charge in [0.1, 0.15) is 17.3 Å². The maximum absolute atomic E-state index is 6.53. The van der Waals surface area contributed by atoms with Crippen molar-refractivity contribution in [2.24, 2.45) is 0 Å². The van der Waals surface area contributed by atoms with Gasteiger partial charge >= 0.3 is 0 Å². The van der Waals surface area contributed by atoms with Crippen molar-refractivity contribution >= 4 is 17.1 Å². The molecule has 1 saturated heterocycles. The monoisotopic (exact) mass is 419 g/mol. The maximum Gasteiger partial charge on any atom is 0.146 e. The van der Waals surface area contributed by atoms with E-state index in [1.54, 1.807) is 18.4 Å². The summed E-state index contributed by atoms with van der Waals surface area (Å²) in [6.07, 6.45) is 0. The highest BCUT2D eigenvalue weighted by molar-refractivity contribution is 7.11. The van der Waals surface area contributed by atoms with Crippen LogP contribution in [-0.2, 0) is 4.74 Å². The number of nitrogens with zero attached hydrogens (tertiary/aromatic N) is 1. The number of rotatable bonds is 5. The van der Waals surface area contributed by atoms with Crippen LogP contribution in [0.4, 0.5) is 0 Å². The molecule has 0 unspecified atom stereocenters. The average molecular weight is 420 g/mol. The van der Waals surface area contributed by atoms with Gasteiger partial charge in [0.2, 0.25) is 0 Å². The third-order valence-corrected chi connectivity index (χ3v) is 6.64. The fraction of sp³-hybridized carbons (Fsp3) is 0.280. The Morgan fingerprint density at radius 1 is 1.00 bits per heavy atom. The molecule has 30 heavy (non-hydrogen) atoms. The van der Waals surface area contributed by atoms with Crippen LogP contribution in [-0.4, -0.2) is 44.9 Å². The lowest BCUT2D eigenvalue weighted by atomic mass is 9.81. The van der Waals surface area contributed by atoms with Gasteiger partial charge in [0.15, 0.2) is 0 Å². The van der Waals surface area contributed by atoms with Crippen LogP contribution in [0.2, 0.25) is 0 Å². The number of fused-ring (bicyclic) bond motifs is 1. The number of methoxy groups -OCH3 is 1. The van der Waals surface area contributed by atoms with Gasteiger partial charge in [0, 0.05) is 36.7 Å². The van der Waals surface area contributed by atoms with E-state index in [0.29, 0.717) is 0 Å². The summed E-state index contributed by atoms with van der Waals surface area (Å²) in [4.78, 5) is 3.64. The molecule has 1 aromatic heterocycles. The minimum Gasteiger partial charge on any atom is -0.497 e. The molecule has 0 radical (unpaired) electrons. The number of morpholine rings is 1. The second-order valence-electron chi connectivity index (χ2n) is 7.57. The summed E-state index contributed by atoms with van der Waals surface area (Å²) in [5.74, 6) is 2.94. The molecule has 1 fully saturated rings. The number of hydrogen-bond acceptors (Lipinski definition) is 5. The van der Waals surface area contributed by atoms with E-state index in [2.05, 4.69) is 52.7 Å². The third-order valence-electron chi connectivity index (χ3n) is 5.77. The Morgan fingerprint density at radius 2 is 1.80 bits per heavy atom. The van der Waals surface area contributed by atoms with Crippen LogP contribution in [0, 0.1) is 0 Å². The van der Waals surface area contributed by atoms with Gasteiger partial charge in [-0.25, -0.2) is 0 Å². The topological polar surface area (TPSA) is 30.9 Å². The molecule has 0 saturated carbocycles. The van der Waals surface area contributed by atoms with Crippen LogP contribution >= 0.6 is 11.3 Å². The number of ether oxygens (including phenoxy) is 3. The van der Waals surface area contributed by atoms with Crippen LogP contribution in [0.25, 0.3) is 5.76 Å². The number of hydrogen-bond donors (Lipinski definition) is 0. The van der Waals surface area contributed by atoms with Gasteiger partial charge in [-0.05, 0) is 35.2 Å². The molecule has 0 spiro atoms. The molecule has 0 aliphatic carbocycles. The maximum atomic E-state index is 6.53. The molecule has 4 nitrogen and oxygen atoms in total. The molecular weight excluding hydrogens is 394 g/mol. The van der Waals surface area contributed by atoms with Gasteiger partial charge in [0.05, 0.1) is 25.2 Å². The number of thiophene rings is 1. The van der Waals surface area contributed by atoms with Crippen LogP contribution in [0.1, 0.15) is 21.9 Å². The van der Waals surface area contributed by atoms with Crippen LogP contribution in [0.5, 0.6) is 11.5 Å². The first-order valence-electron chi connectivity index (χ1n) is 10.3. The zero-order valence-corrected chi connectivity index (χ0v) is 17.9. The van der Waals surface area contributed by atoms with E-state index in [1.165, 1.54) is 21.6 Å². The zero-order valence-electron chi connectivity index (χ0n) is 17.0. The van der Waals surface area contributed by atoms with Crippen LogP contribution in [0.15, 0.2) is 71.6 Å². The summed E-state index contributed by atoms with van der Waals surface area (Å²) < 4.78 is 17.5. The van der Waals surface area contributed by atoms with Gasteiger partial charge in [-0.15, -0.1) is 11.3 Å². The molecule has 2 aliphatic heterocycles. The predicted molar refractivity (Wildman–Crippen MR) is 120 cm³/mol. The lowest BCUT2D eigenvalue weighted by Gasteiger charge is -2.35. The SMILES string of the molecule is COc1ccc([C@H]2C(CN3CCOCC3)=C(c3cccs3)Oc3ccccc32)cc1. The third kappa shape index (κ3) is 3.76. The van der Waals surface area contributed by atoms with Gasteiger partial charge in [-0.3, -0.25) is 4.90 Å². The lowest BCUT2D eigenvalue weighted by Crippen LogP contribution is -2.39. The molecular formula is C25H25NO3S. The fourth-order valence-electron chi connectivity index (χ4n) is 4.26. The molecule has 1 atom stereocenters. The van der Waals surface area contributed by atoms with E-state index in [1.807, 2.05) is 18.2 Å². The summed E-state index contributed by atoms with van der Waals surface area (Å²) in [7, 11) is 1.71. The summed E-state index contributed by atoms with van der Waals surface area (Å²) in [5, 5.41) is 2.11. The Kier molecular flexibility index (Phi) is 5.58. The Bertz CT molecular complexity index is 1020. The van der Waals surface area contributed by atoms with E-state index >= 15 is 0 Å². The summed E-state index contributed by atoms with van der Waals surface area (Å²) in [5.41, 5.74) is 3.78. The first kappa shape index (κ1) is 19.4. The molecule has 5 rings (SSSR count). The molecule has 0 amide bonds. The van der Waals surface area contributed by atoms with Gasteiger partial charge in [-0.1, -0.05) is 36.4 Å². The van der Waals surface area contributed by atoms with Crippen molar-refractivity contribution in [3.05, 3.63) is 87.6 Å². The second kappa shape index (κ2) is 8.64.